The van der Waals surface area contributed by atoms with Crippen LogP contribution in [0.3, 0.4) is 0 Å². The molecule has 0 heterocycles. The Morgan fingerprint density at radius 2 is 2.00 bits per heavy atom. The van der Waals surface area contributed by atoms with Crippen LogP contribution in [0.2, 0.25) is 0 Å². The van der Waals surface area contributed by atoms with Crippen molar-refractivity contribution in [2.45, 2.75) is 39.5 Å². The fourth-order valence-corrected chi connectivity index (χ4v) is 1.30. The van der Waals surface area contributed by atoms with Crippen LogP contribution in [0.1, 0.15) is 39.5 Å². The zero-order valence-electron chi connectivity index (χ0n) is 9.00. The lowest BCUT2D eigenvalue weighted by atomic mass is 10.0. The second kappa shape index (κ2) is 9.31. The molecule has 0 rings (SSSR count). The molecule has 0 aromatic carbocycles. The summed E-state index contributed by atoms with van der Waals surface area (Å²) in [5.41, 5.74) is 0. The van der Waals surface area contributed by atoms with Gasteiger partial charge in [-0.05, 0) is 32.1 Å². The Bertz CT molecular complexity index is 163. The van der Waals surface area contributed by atoms with Gasteiger partial charge in [0.05, 0.1) is 0 Å². The minimum absolute atomic E-state index is 0.649. The van der Waals surface area contributed by atoms with Crippen LogP contribution in [0.5, 0.6) is 0 Å². The van der Waals surface area contributed by atoms with Gasteiger partial charge in [0.25, 0.3) is 0 Å². The Kier molecular flexibility index (Phi) is 8.75. The van der Waals surface area contributed by atoms with Crippen molar-refractivity contribution in [3.63, 3.8) is 0 Å². The van der Waals surface area contributed by atoms with Gasteiger partial charge in [-0.25, -0.2) is 0 Å². The van der Waals surface area contributed by atoms with E-state index in [0.29, 0.717) is 5.92 Å². The Morgan fingerprint density at radius 1 is 1.23 bits per heavy atom. The summed E-state index contributed by atoms with van der Waals surface area (Å²) in [5, 5.41) is 0. The molecule has 0 heteroatoms. The average Bonchev–Trinajstić information content (AvgIpc) is 2.13. The Balaban J connectivity index is 3.73. The lowest BCUT2D eigenvalue weighted by Gasteiger charge is -2.05. The van der Waals surface area contributed by atoms with Gasteiger partial charge in [-0.1, -0.05) is 43.7 Å². The van der Waals surface area contributed by atoms with E-state index in [1.165, 1.54) is 12.8 Å². The van der Waals surface area contributed by atoms with Crippen LogP contribution in [0.15, 0.2) is 37.0 Å². The molecule has 1 atom stereocenters. The molecule has 0 aliphatic carbocycles. The van der Waals surface area contributed by atoms with Gasteiger partial charge >= 0.3 is 0 Å². The molecule has 0 saturated carbocycles. The van der Waals surface area contributed by atoms with Crippen molar-refractivity contribution in [2.75, 3.05) is 0 Å². The van der Waals surface area contributed by atoms with Crippen LogP contribution in [0.4, 0.5) is 0 Å². The van der Waals surface area contributed by atoms with Crippen LogP contribution in [-0.4, -0.2) is 0 Å². The first-order valence-corrected chi connectivity index (χ1v) is 5.23. The first kappa shape index (κ1) is 12.2. The summed E-state index contributed by atoms with van der Waals surface area (Å²) < 4.78 is 0. The first-order chi connectivity index (χ1) is 6.35. The highest BCUT2D eigenvalue weighted by molar-refractivity contribution is 4.95. The summed E-state index contributed by atoms with van der Waals surface area (Å²) in [6.45, 7) is 8.05. The van der Waals surface area contributed by atoms with E-state index >= 15 is 0 Å². The monoisotopic (exact) mass is 178 g/mol. The van der Waals surface area contributed by atoms with E-state index in [1.54, 1.807) is 0 Å². The molecule has 0 saturated heterocycles. The van der Waals surface area contributed by atoms with Gasteiger partial charge in [-0.3, -0.25) is 0 Å². The van der Waals surface area contributed by atoms with Gasteiger partial charge in [0.15, 0.2) is 0 Å². The van der Waals surface area contributed by atoms with Crippen LogP contribution in [-0.2, 0) is 0 Å². The number of hydrogen-bond acceptors (Lipinski definition) is 0. The largest absolute Gasteiger partial charge is 0.103 e. The van der Waals surface area contributed by atoms with Crippen LogP contribution < -0.4 is 0 Å². The van der Waals surface area contributed by atoms with Crippen LogP contribution in [0, 0.1) is 5.92 Å². The second-order valence-electron chi connectivity index (χ2n) is 3.31. The summed E-state index contributed by atoms with van der Waals surface area (Å²) in [6.07, 6.45) is 15.6. The SMILES string of the molecule is C=CCC(C=CC)CC=CCCC. The Morgan fingerprint density at radius 3 is 2.54 bits per heavy atom. The average molecular weight is 178 g/mol. The summed E-state index contributed by atoms with van der Waals surface area (Å²) in [7, 11) is 0. The van der Waals surface area contributed by atoms with Crippen molar-refractivity contribution < 1.29 is 0 Å². The molecule has 0 bridgehead atoms. The number of allylic oxidation sites excluding steroid dienone is 5. The van der Waals surface area contributed by atoms with E-state index in [0.717, 1.165) is 12.8 Å². The molecule has 0 aromatic rings. The van der Waals surface area contributed by atoms with Gasteiger partial charge in [0, 0.05) is 0 Å². The third-order valence-electron chi connectivity index (χ3n) is 1.99. The molecular weight excluding hydrogens is 156 g/mol. The van der Waals surface area contributed by atoms with Crippen LogP contribution in [0.25, 0.3) is 0 Å². The first-order valence-electron chi connectivity index (χ1n) is 5.23. The lowest BCUT2D eigenvalue weighted by molar-refractivity contribution is 0.673. The molecule has 74 valence electrons. The molecule has 13 heavy (non-hydrogen) atoms. The maximum Gasteiger partial charge on any atom is -0.0165 e. The summed E-state index contributed by atoms with van der Waals surface area (Å²) in [6, 6.07) is 0. The zero-order chi connectivity index (χ0) is 9.94. The number of hydrogen-bond donors (Lipinski definition) is 0. The van der Waals surface area contributed by atoms with Crippen molar-refractivity contribution in [1.29, 1.82) is 0 Å². The normalized spacial score (nSPS) is 14.0. The molecule has 0 aliphatic rings. The van der Waals surface area contributed by atoms with Gasteiger partial charge in [0.2, 0.25) is 0 Å². The Labute approximate surface area is 83.0 Å². The van der Waals surface area contributed by atoms with Crippen molar-refractivity contribution in [3.8, 4) is 0 Å². The summed E-state index contributed by atoms with van der Waals surface area (Å²) in [5.74, 6) is 0.649. The molecule has 0 aromatic heterocycles. The van der Waals surface area contributed by atoms with Crippen LogP contribution >= 0.6 is 0 Å². The fourth-order valence-electron chi connectivity index (χ4n) is 1.30. The number of unbranched alkanes of at least 4 members (excludes halogenated alkanes) is 1. The highest BCUT2D eigenvalue weighted by Gasteiger charge is 1.97. The van der Waals surface area contributed by atoms with E-state index in [-0.39, 0.29) is 0 Å². The molecular formula is C13H22. The van der Waals surface area contributed by atoms with E-state index in [1.807, 2.05) is 6.08 Å². The van der Waals surface area contributed by atoms with Gasteiger partial charge < -0.3 is 0 Å². The quantitative estimate of drug-likeness (QED) is 0.503. The van der Waals surface area contributed by atoms with E-state index in [4.69, 9.17) is 0 Å². The van der Waals surface area contributed by atoms with E-state index in [2.05, 4.69) is 44.7 Å². The lowest BCUT2D eigenvalue weighted by Crippen LogP contribution is -1.91. The highest BCUT2D eigenvalue weighted by atomic mass is 14.0. The standard InChI is InChI=1S/C13H22/c1-4-7-8-9-12-13(10-5-2)11-6-3/h5-6,8-9,11,13H,2,4,7,10,12H2,1,3H3. The predicted molar refractivity (Wildman–Crippen MR) is 61.8 cm³/mol. The maximum absolute atomic E-state index is 3.77. The summed E-state index contributed by atoms with van der Waals surface area (Å²) >= 11 is 0. The molecule has 0 N–H and O–H groups in total. The van der Waals surface area contributed by atoms with E-state index < -0.39 is 0 Å². The molecule has 0 amide bonds. The molecule has 0 spiro atoms. The molecule has 0 nitrogen and oxygen atoms in total. The van der Waals surface area contributed by atoms with E-state index in [9.17, 15) is 0 Å². The zero-order valence-corrected chi connectivity index (χ0v) is 9.00. The topological polar surface area (TPSA) is 0 Å². The summed E-state index contributed by atoms with van der Waals surface area (Å²) in [4.78, 5) is 0. The number of rotatable bonds is 7. The highest BCUT2D eigenvalue weighted by Crippen LogP contribution is 2.12. The van der Waals surface area contributed by atoms with Crippen molar-refractivity contribution in [3.05, 3.63) is 37.0 Å². The third kappa shape index (κ3) is 7.58. The minimum Gasteiger partial charge on any atom is -0.103 e. The fraction of sp³-hybridized carbons (Fsp3) is 0.538. The maximum atomic E-state index is 3.77. The predicted octanol–water partition coefficient (Wildman–Crippen LogP) is 4.50. The molecule has 0 aliphatic heterocycles. The third-order valence-corrected chi connectivity index (χ3v) is 1.99. The van der Waals surface area contributed by atoms with Gasteiger partial charge in [-0.15, -0.1) is 6.58 Å². The van der Waals surface area contributed by atoms with Crippen molar-refractivity contribution in [1.82, 2.24) is 0 Å². The smallest absolute Gasteiger partial charge is 0.0165 e. The molecule has 0 fully saturated rings. The van der Waals surface area contributed by atoms with Gasteiger partial charge in [0.1, 0.15) is 0 Å². The van der Waals surface area contributed by atoms with Gasteiger partial charge in [-0.2, -0.15) is 0 Å². The minimum atomic E-state index is 0.649. The second-order valence-corrected chi connectivity index (χ2v) is 3.31. The van der Waals surface area contributed by atoms with Crippen molar-refractivity contribution >= 4 is 0 Å². The Hall–Kier alpha value is -0.780. The van der Waals surface area contributed by atoms with Crippen molar-refractivity contribution in [2.24, 2.45) is 5.92 Å². The molecule has 1 unspecified atom stereocenters. The molecule has 0 radical (unpaired) electrons.